The van der Waals surface area contributed by atoms with Gasteiger partial charge in [-0.25, -0.2) is 4.98 Å². The van der Waals surface area contributed by atoms with Gasteiger partial charge < -0.3 is 19.2 Å². The van der Waals surface area contributed by atoms with E-state index in [-0.39, 0.29) is 5.91 Å². The zero-order chi connectivity index (χ0) is 14.4. The number of nitrogens with one attached hydrogen (secondary N) is 1. The van der Waals surface area contributed by atoms with E-state index in [4.69, 9.17) is 13.9 Å². The summed E-state index contributed by atoms with van der Waals surface area (Å²) in [6.45, 7) is 0.922. The van der Waals surface area contributed by atoms with Crippen molar-refractivity contribution in [3.63, 3.8) is 0 Å². The van der Waals surface area contributed by atoms with Gasteiger partial charge in [-0.05, 0) is 28.1 Å². The molecule has 0 unspecified atom stereocenters. The normalized spacial score (nSPS) is 10.3. The summed E-state index contributed by atoms with van der Waals surface area (Å²) in [5.41, 5.74) is 0.993. The number of anilines is 1. The molecule has 2 aromatic heterocycles. The molecule has 2 rings (SSSR count). The molecule has 0 bridgehead atoms. The van der Waals surface area contributed by atoms with Gasteiger partial charge >= 0.3 is 0 Å². The molecule has 6 nitrogen and oxygen atoms in total. The highest BCUT2D eigenvalue weighted by atomic mass is 79.9. The molecule has 0 spiro atoms. The lowest BCUT2D eigenvalue weighted by Crippen LogP contribution is -2.12. The standard InChI is InChI=1S/C13H13BrN2O4/c1-18-6-7-19-11-3-2-9(8-15-11)16-13(17)10-4-5-20-12(10)14/h2-5,8H,6-7H2,1H3,(H,16,17). The summed E-state index contributed by atoms with van der Waals surface area (Å²) < 4.78 is 15.6. The molecule has 0 aliphatic heterocycles. The lowest BCUT2D eigenvalue weighted by Gasteiger charge is -2.06. The molecule has 20 heavy (non-hydrogen) atoms. The number of pyridine rings is 1. The van der Waals surface area contributed by atoms with E-state index in [2.05, 4.69) is 26.2 Å². The third-order valence-electron chi connectivity index (χ3n) is 2.39. The number of hydrogen-bond acceptors (Lipinski definition) is 5. The quantitative estimate of drug-likeness (QED) is 0.818. The number of carbonyl (C=O) groups excluding carboxylic acids is 1. The third-order valence-corrected chi connectivity index (χ3v) is 3.01. The molecule has 0 aliphatic carbocycles. The monoisotopic (exact) mass is 340 g/mol. The van der Waals surface area contributed by atoms with Gasteiger partial charge in [0, 0.05) is 13.2 Å². The maximum Gasteiger partial charge on any atom is 0.260 e. The summed E-state index contributed by atoms with van der Waals surface area (Å²) in [6.07, 6.45) is 2.96. The number of methoxy groups -OCH3 is 1. The Morgan fingerprint density at radius 3 is 2.85 bits per heavy atom. The van der Waals surface area contributed by atoms with Crippen LogP contribution in [-0.4, -0.2) is 31.2 Å². The summed E-state index contributed by atoms with van der Waals surface area (Å²) in [5.74, 6) is 0.199. The van der Waals surface area contributed by atoms with Gasteiger partial charge in [0.15, 0.2) is 4.67 Å². The van der Waals surface area contributed by atoms with E-state index >= 15 is 0 Å². The minimum absolute atomic E-state index is 0.277. The molecule has 7 heteroatoms. The van der Waals surface area contributed by atoms with E-state index in [0.717, 1.165) is 0 Å². The smallest absolute Gasteiger partial charge is 0.260 e. The van der Waals surface area contributed by atoms with Crippen LogP contribution in [0.25, 0.3) is 0 Å². The molecule has 0 aliphatic rings. The van der Waals surface area contributed by atoms with E-state index in [1.807, 2.05) is 0 Å². The minimum Gasteiger partial charge on any atom is -0.475 e. The fraction of sp³-hybridized carbons (Fsp3) is 0.231. The van der Waals surface area contributed by atoms with Crippen LogP contribution in [0.15, 0.2) is 39.7 Å². The molecule has 0 atom stereocenters. The van der Waals surface area contributed by atoms with Gasteiger partial charge in [-0.2, -0.15) is 0 Å². The largest absolute Gasteiger partial charge is 0.475 e. The van der Waals surface area contributed by atoms with E-state index in [0.29, 0.717) is 35.0 Å². The van der Waals surface area contributed by atoms with E-state index in [9.17, 15) is 4.79 Å². The Bertz CT molecular complexity index is 568. The van der Waals surface area contributed by atoms with Crippen LogP contribution in [0.2, 0.25) is 0 Å². The number of aromatic nitrogens is 1. The van der Waals surface area contributed by atoms with E-state index < -0.39 is 0 Å². The van der Waals surface area contributed by atoms with Crippen LogP contribution >= 0.6 is 15.9 Å². The molecule has 0 aromatic carbocycles. The highest BCUT2D eigenvalue weighted by Gasteiger charge is 2.12. The number of nitrogens with zero attached hydrogens (tertiary/aromatic N) is 1. The Hall–Kier alpha value is -1.86. The molecular formula is C13H13BrN2O4. The van der Waals surface area contributed by atoms with Crippen molar-refractivity contribution in [3.8, 4) is 5.88 Å². The van der Waals surface area contributed by atoms with E-state index in [1.54, 1.807) is 25.3 Å². The van der Waals surface area contributed by atoms with Gasteiger partial charge in [-0.1, -0.05) is 0 Å². The SMILES string of the molecule is COCCOc1ccc(NC(=O)c2ccoc2Br)cn1. The maximum absolute atomic E-state index is 11.9. The first-order valence-corrected chi connectivity index (χ1v) is 6.62. The molecule has 2 heterocycles. The van der Waals surface area contributed by atoms with Crippen LogP contribution in [0.5, 0.6) is 5.88 Å². The summed E-state index contributed by atoms with van der Waals surface area (Å²) in [7, 11) is 1.60. The molecule has 0 saturated carbocycles. The van der Waals surface area contributed by atoms with Crippen molar-refractivity contribution in [1.29, 1.82) is 0 Å². The molecular weight excluding hydrogens is 328 g/mol. The number of rotatable bonds is 6. The predicted molar refractivity (Wildman–Crippen MR) is 76.0 cm³/mol. The zero-order valence-electron chi connectivity index (χ0n) is 10.8. The van der Waals surface area contributed by atoms with Crippen molar-refractivity contribution in [2.45, 2.75) is 0 Å². The minimum atomic E-state index is -0.277. The lowest BCUT2D eigenvalue weighted by molar-refractivity contribution is 0.102. The van der Waals surface area contributed by atoms with Crippen LogP contribution in [-0.2, 0) is 4.74 Å². The fourth-order valence-electron chi connectivity index (χ4n) is 1.42. The van der Waals surface area contributed by atoms with Gasteiger partial charge in [-0.3, -0.25) is 4.79 Å². The molecule has 2 aromatic rings. The Balaban J connectivity index is 1.93. The van der Waals surface area contributed by atoms with Gasteiger partial charge in [0.1, 0.15) is 6.61 Å². The molecule has 106 valence electrons. The number of hydrogen-bond donors (Lipinski definition) is 1. The van der Waals surface area contributed by atoms with Gasteiger partial charge in [0.2, 0.25) is 5.88 Å². The zero-order valence-corrected chi connectivity index (χ0v) is 12.3. The van der Waals surface area contributed by atoms with Crippen LogP contribution in [0, 0.1) is 0 Å². The first-order valence-electron chi connectivity index (χ1n) is 5.83. The summed E-state index contributed by atoms with van der Waals surface area (Å²) in [4.78, 5) is 16.0. The topological polar surface area (TPSA) is 73.6 Å². The molecule has 0 saturated heterocycles. The average molecular weight is 341 g/mol. The summed E-state index contributed by atoms with van der Waals surface area (Å²) in [5, 5.41) is 2.71. The van der Waals surface area contributed by atoms with E-state index in [1.165, 1.54) is 12.5 Å². The first kappa shape index (κ1) is 14.5. The van der Waals surface area contributed by atoms with Crippen molar-refractivity contribution < 1.29 is 18.7 Å². The second-order valence-electron chi connectivity index (χ2n) is 3.79. The van der Waals surface area contributed by atoms with Crippen molar-refractivity contribution in [1.82, 2.24) is 4.98 Å². The van der Waals surface area contributed by atoms with Crippen LogP contribution in [0.1, 0.15) is 10.4 Å². The predicted octanol–water partition coefficient (Wildman–Crippen LogP) is 2.71. The highest BCUT2D eigenvalue weighted by molar-refractivity contribution is 9.10. The highest BCUT2D eigenvalue weighted by Crippen LogP contribution is 2.19. The first-order chi connectivity index (χ1) is 9.70. The van der Waals surface area contributed by atoms with Gasteiger partial charge in [0.05, 0.1) is 30.3 Å². The number of amides is 1. The van der Waals surface area contributed by atoms with Crippen molar-refractivity contribution in [3.05, 3.63) is 40.9 Å². The van der Waals surface area contributed by atoms with Crippen molar-refractivity contribution in [2.75, 3.05) is 25.6 Å². The summed E-state index contributed by atoms with van der Waals surface area (Å²) in [6, 6.07) is 4.96. The van der Waals surface area contributed by atoms with Crippen molar-refractivity contribution in [2.24, 2.45) is 0 Å². The molecule has 1 amide bonds. The number of halogens is 1. The third kappa shape index (κ3) is 3.82. The number of furan rings is 1. The van der Waals surface area contributed by atoms with Crippen molar-refractivity contribution >= 4 is 27.5 Å². The summed E-state index contributed by atoms with van der Waals surface area (Å²) >= 11 is 3.15. The molecule has 1 N–H and O–H groups in total. The maximum atomic E-state index is 11.9. The fourth-order valence-corrected chi connectivity index (χ4v) is 1.84. The van der Waals surface area contributed by atoms with Gasteiger partial charge in [0.25, 0.3) is 5.91 Å². The van der Waals surface area contributed by atoms with Gasteiger partial charge in [-0.15, -0.1) is 0 Å². The number of carbonyl (C=O) groups is 1. The molecule has 0 fully saturated rings. The Morgan fingerprint density at radius 1 is 1.40 bits per heavy atom. The Kier molecular flexibility index (Phi) is 5.14. The van der Waals surface area contributed by atoms with Crippen LogP contribution in [0.4, 0.5) is 5.69 Å². The second-order valence-corrected chi connectivity index (χ2v) is 4.51. The lowest BCUT2D eigenvalue weighted by atomic mass is 10.3. The van der Waals surface area contributed by atoms with Crippen LogP contribution < -0.4 is 10.1 Å². The average Bonchev–Trinajstić information content (AvgIpc) is 2.87. The molecule has 0 radical (unpaired) electrons. The Labute approximate surface area is 124 Å². The Morgan fingerprint density at radius 2 is 2.25 bits per heavy atom. The number of ether oxygens (including phenoxy) is 2. The second kappa shape index (κ2) is 7.06. The van der Waals surface area contributed by atoms with Crippen LogP contribution in [0.3, 0.4) is 0 Å².